The summed E-state index contributed by atoms with van der Waals surface area (Å²) in [5.74, 6) is -2.87. The molecule has 2 N–H and O–H groups in total. The number of anilines is 1. The van der Waals surface area contributed by atoms with Crippen LogP contribution in [0.1, 0.15) is 15.2 Å². The summed E-state index contributed by atoms with van der Waals surface area (Å²) in [5, 5.41) is 12.3. The highest BCUT2D eigenvalue weighted by Crippen LogP contribution is 2.22. The summed E-state index contributed by atoms with van der Waals surface area (Å²) in [6.07, 6.45) is -5.08. The van der Waals surface area contributed by atoms with Crippen molar-refractivity contribution in [3.63, 3.8) is 0 Å². The van der Waals surface area contributed by atoms with Gasteiger partial charge in [0.1, 0.15) is 0 Å². The van der Waals surface area contributed by atoms with Crippen molar-refractivity contribution < 1.29 is 36.3 Å². The van der Waals surface area contributed by atoms with Gasteiger partial charge in [-0.25, -0.2) is 13.2 Å². The van der Waals surface area contributed by atoms with Crippen molar-refractivity contribution in [2.24, 2.45) is 0 Å². The molecule has 38 heavy (non-hydrogen) atoms. The molecule has 2 heterocycles. The molecule has 0 saturated carbocycles. The van der Waals surface area contributed by atoms with Crippen LogP contribution in [0.3, 0.4) is 0 Å². The Morgan fingerprint density at radius 2 is 1.63 bits per heavy atom. The van der Waals surface area contributed by atoms with Gasteiger partial charge in [-0.15, -0.1) is 11.3 Å². The van der Waals surface area contributed by atoms with Gasteiger partial charge in [0.25, 0.3) is 5.91 Å². The number of carbonyl (C=O) groups is 2. The molecular formula is C24H23ClF3N3O5S2. The lowest BCUT2D eigenvalue weighted by molar-refractivity contribution is -0.192. The number of hydrogen-bond acceptors (Lipinski definition) is 6. The summed E-state index contributed by atoms with van der Waals surface area (Å²) >= 11 is 7.36. The number of rotatable bonds is 6. The van der Waals surface area contributed by atoms with E-state index in [2.05, 4.69) is 10.2 Å². The smallest absolute Gasteiger partial charge is 0.475 e. The maximum Gasteiger partial charge on any atom is 0.490 e. The first-order valence-corrected chi connectivity index (χ1v) is 13.8. The normalized spacial score (nSPS) is 14.8. The quantitative estimate of drug-likeness (QED) is 0.428. The molecule has 0 unspecified atom stereocenters. The number of carbonyl (C=O) groups excluding carboxylic acids is 1. The molecule has 1 aromatic heterocycles. The fraction of sp³-hybridized carbons (Fsp3) is 0.250. The third-order valence-corrected chi connectivity index (χ3v) is 8.37. The van der Waals surface area contributed by atoms with Crippen LogP contribution in [-0.2, 0) is 21.4 Å². The molecule has 3 aromatic rings. The summed E-state index contributed by atoms with van der Waals surface area (Å²) < 4.78 is 58.9. The van der Waals surface area contributed by atoms with E-state index in [9.17, 15) is 26.4 Å². The third kappa shape index (κ3) is 8.27. The van der Waals surface area contributed by atoms with E-state index in [1.807, 2.05) is 35.7 Å². The van der Waals surface area contributed by atoms with Gasteiger partial charge in [0.15, 0.2) is 0 Å². The lowest BCUT2D eigenvalue weighted by Crippen LogP contribution is -2.48. The Bertz CT molecular complexity index is 1340. The molecule has 0 aliphatic carbocycles. The number of nitrogens with one attached hydrogen (secondary N) is 1. The highest BCUT2D eigenvalue weighted by Gasteiger charge is 2.38. The van der Waals surface area contributed by atoms with Gasteiger partial charge >= 0.3 is 12.1 Å². The number of carboxylic acid groups (broad SMARTS) is 1. The molecule has 14 heteroatoms. The first-order chi connectivity index (χ1) is 17.9. The topological polar surface area (TPSA) is 107 Å². The lowest BCUT2D eigenvalue weighted by atomic mass is 10.2. The molecular weight excluding hydrogens is 567 g/mol. The van der Waals surface area contributed by atoms with Crippen LogP contribution in [0, 0.1) is 0 Å². The van der Waals surface area contributed by atoms with E-state index in [0.717, 1.165) is 17.8 Å². The van der Waals surface area contributed by atoms with Crippen molar-refractivity contribution in [3.8, 4) is 0 Å². The Kier molecular flexibility index (Phi) is 9.90. The Morgan fingerprint density at radius 1 is 1.00 bits per heavy atom. The van der Waals surface area contributed by atoms with Gasteiger partial charge in [-0.2, -0.15) is 17.5 Å². The molecule has 1 amide bonds. The maximum atomic E-state index is 12.8. The van der Waals surface area contributed by atoms with E-state index >= 15 is 0 Å². The van der Waals surface area contributed by atoms with E-state index in [1.54, 1.807) is 24.3 Å². The van der Waals surface area contributed by atoms with Crippen LogP contribution in [-0.4, -0.2) is 67.0 Å². The Morgan fingerprint density at radius 3 is 2.16 bits per heavy atom. The summed E-state index contributed by atoms with van der Waals surface area (Å²) in [6.45, 7) is 2.89. The molecule has 1 aliphatic heterocycles. The van der Waals surface area contributed by atoms with Crippen LogP contribution >= 0.6 is 22.9 Å². The van der Waals surface area contributed by atoms with Crippen LogP contribution in [0.5, 0.6) is 0 Å². The minimum absolute atomic E-state index is 0.111. The van der Waals surface area contributed by atoms with E-state index in [4.69, 9.17) is 21.5 Å². The lowest BCUT2D eigenvalue weighted by Gasteiger charge is -2.34. The van der Waals surface area contributed by atoms with Crippen molar-refractivity contribution in [1.82, 2.24) is 9.21 Å². The molecule has 1 aliphatic rings. The molecule has 4 rings (SSSR count). The second-order valence-corrected chi connectivity index (χ2v) is 11.4. The zero-order valence-electron chi connectivity index (χ0n) is 19.7. The van der Waals surface area contributed by atoms with Crippen molar-refractivity contribution in [2.45, 2.75) is 17.6 Å². The largest absolute Gasteiger partial charge is 0.490 e. The molecule has 8 nitrogen and oxygen atoms in total. The first kappa shape index (κ1) is 29.6. The van der Waals surface area contributed by atoms with Gasteiger partial charge in [-0.3, -0.25) is 9.69 Å². The standard InChI is InChI=1S/C22H22ClN3O3S2.C2HF3O2/c23-18-3-1-4-20(15-18)31(28,29)26-12-10-25(11-13-26)16-17-6-8-19(9-7-17)24-22(27)21-5-2-14-30-21;3-2(4,5)1(6)7/h1-9,14-15H,10-13,16H2,(H,24,27);(H,6,7). The Labute approximate surface area is 226 Å². The monoisotopic (exact) mass is 589 g/mol. The van der Waals surface area contributed by atoms with E-state index in [-0.39, 0.29) is 10.8 Å². The van der Waals surface area contributed by atoms with Crippen LogP contribution in [0.25, 0.3) is 0 Å². The van der Waals surface area contributed by atoms with Gasteiger partial charge in [-0.1, -0.05) is 35.9 Å². The number of benzene rings is 2. The van der Waals surface area contributed by atoms with Crippen LogP contribution in [0.2, 0.25) is 5.02 Å². The maximum absolute atomic E-state index is 12.8. The van der Waals surface area contributed by atoms with Gasteiger partial charge < -0.3 is 10.4 Å². The number of amides is 1. The molecule has 0 atom stereocenters. The number of alkyl halides is 3. The molecule has 0 radical (unpaired) electrons. The average molecular weight is 590 g/mol. The number of aliphatic carboxylic acids is 1. The molecule has 1 saturated heterocycles. The second-order valence-electron chi connectivity index (χ2n) is 8.07. The van der Waals surface area contributed by atoms with Crippen molar-refractivity contribution in [2.75, 3.05) is 31.5 Å². The number of hydrogen-bond donors (Lipinski definition) is 2. The molecule has 2 aromatic carbocycles. The fourth-order valence-corrected chi connectivity index (χ4v) is 5.80. The van der Waals surface area contributed by atoms with Crippen LogP contribution in [0.4, 0.5) is 18.9 Å². The molecule has 204 valence electrons. The number of piperazine rings is 1. The Balaban J connectivity index is 0.000000505. The van der Waals surface area contributed by atoms with Gasteiger partial charge in [0.2, 0.25) is 10.0 Å². The summed E-state index contributed by atoms with van der Waals surface area (Å²) in [7, 11) is -3.53. The number of sulfonamides is 1. The van der Waals surface area contributed by atoms with Crippen LogP contribution < -0.4 is 5.32 Å². The van der Waals surface area contributed by atoms with Crippen LogP contribution in [0.15, 0.2) is 70.9 Å². The number of thiophene rings is 1. The fourth-order valence-electron chi connectivity index (χ4n) is 3.46. The van der Waals surface area contributed by atoms with Gasteiger partial charge in [0.05, 0.1) is 9.77 Å². The minimum Gasteiger partial charge on any atom is -0.475 e. The summed E-state index contributed by atoms with van der Waals surface area (Å²) in [5.41, 5.74) is 1.86. The van der Waals surface area contributed by atoms with Gasteiger partial charge in [-0.05, 0) is 47.3 Å². The van der Waals surface area contributed by atoms with E-state index in [1.165, 1.54) is 21.7 Å². The highest BCUT2D eigenvalue weighted by molar-refractivity contribution is 7.89. The Hall–Kier alpha value is -2.97. The zero-order valence-corrected chi connectivity index (χ0v) is 22.1. The van der Waals surface area contributed by atoms with Gasteiger partial charge in [0, 0.05) is 43.4 Å². The highest BCUT2D eigenvalue weighted by atomic mass is 35.5. The predicted octanol–water partition coefficient (Wildman–Crippen LogP) is 4.79. The van der Waals surface area contributed by atoms with Crippen molar-refractivity contribution >= 4 is 50.5 Å². The zero-order chi connectivity index (χ0) is 27.9. The predicted molar refractivity (Wildman–Crippen MR) is 138 cm³/mol. The number of nitrogens with zero attached hydrogens (tertiary/aromatic N) is 2. The third-order valence-electron chi connectivity index (χ3n) is 5.37. The molecule has 0 spiro atoms. The summed E-state index contributed by atoms with van der Waals surface area (Å²) in [4.78, 5) is 24.2. The number of halogens is 4. The number of carboxylic acids is 1. The molecule has 1 fully saturated rings. The average Bonchev–Trinajstić information content (AvgIpc) is 3.41. The van der Waals surface area contributed by atoms with Crippen molar-refractivity contribution in [3.05, 3.63) is 81.5 Å². The minimum atomic E-state index is -5.08. The van der Waals surface area contributed by atoms with E-state index < -0.39 is 22.2 Å². The summed E-state index contributed by atoms with van der Waals surface area (Å²) in [6, 6.07) is 17.8. The van der Waals surface area contributed by atoms with Crippen molar-refractivity contribution in [1.29, 1.82) is 0 Å². The molecule has 0 bridgehead atoms. The van der Waals surface area contributed by atoms with E-state index in [0.29, 0.717) is 36.1 Å². The first-order valence-electron chi connectivity index (χ1n) is 11.1. The second kappa shape index (κ2) is 12.7. The SMILES string of the molecule is O=C(Nc1ccc(CN2CCN(S(=O)(=O)c3cccc(Cl)c3)CC2)cc1)c1cccs1.O=C(O)C(F)(F)F.